The highest BCUT2D eigenvalue weighted by Gasteiger charge is 2.25. The Morgan fingerprint density at radius 2 is 1.69 bits per heavy atom. The molecule has 1 aliphatic rings. The van der Waals surface area contributed by atoms with Crippen LogP contribution in [-0.4, -0.2) is 12.6 Å². The minimum Gasteiger partial charge on any atom is -0.314 e. The lowest BCUT2D eigenvalue weighted by Gasteiger charge is -2.34. The molecule has 0 aromatic heterocycles. The van der Waals surface area contributed by atoms with Gasteiger partial charge in [-0.1, -0.05) is 46.5 Å². The smallest absolute Gasteiger partial charge is 0.00926 e. The van der Waals surface area contributed by atoms with Gasteiger partial charge in [-0.3, -0.25) is 0 Å². The van der Waals surface area contributed by atoms with E-state index in [9.17, 15) is 0 Å². The normalized spacial score (nSPS) is 27.9. The summed E-state index contributed by atoms with van der Waals surface area (Å²) in [4.78, 5) is 0. The molecule has 1 saturated carbocycles. The van der Waals surface area contributed by atoms with Gasteiger partial charge in [-0.25, -0.2) is 0 Å². The predicted octanol–water partition coefficient (Wildman–Crippen LogP) is 4.37. The Balaban J connectivity index is 2.27. The van der Waals surface area contributed by atoms with Crippen LogP contribution in [0.15, 0.2) is 0 Å². The molecule has 1 unspecified atom stereocenters. The Kier molecular flexibility index (Phi) is 7.11. The van der Waals surface area contributed by atoms with E-state index in [1.54, 1.807) is 0 Å². The van der Waals surface area contributed by atoms with Crippen molar-refractivity contribution in [2.45, 2.75) is 78.2 Å². The Hall–Kier alpha value is -0.0400. The van der Waals surface area contributed by atoms with Crippen LogP contribution in [0.4, 0.5) is 0 Å². The Bertz CT molecular complexity index is 159. The van der Waals surface area contributed by atoms with Gasteiger partial charge >= 0.3 is 0 Å². The number of hydrogen-bond donors (Lipinski definition) is 1. The molecule has 1 heteroatoms. The van der Waals surface area contributed by atoms with Gasteiger partial charge in [-0.15, -0.1) is 0 Å². The van der Waals surface area contributed by atoms with Crippen molar-refractivity contribution >= 4 is 0 Å². The monoisotopic (exact) mass is 225 g/mol. The first-order valence-corrected chi connectivity index (χ1v) is 7.55. The van der Waals surface area contributed by atoms with Gasteiger partial charge in [-0.2, -0.15) is 0 Å². The average Bonchev–Trinajstić information content (AvgIpc) is 2.32. The van der Waals surface area contributed by atoms with Gasteiger partial charge in [0.25, 0.3) is 0 Å². The molecule has 0 aliphatic heterocycles. The first-order valence-electron chi connectivity index (χ1n) is 7.55. The van der Waals surface area contributed by atoms with Gasteiger partial charge in [0.1, 0.15) is 0 Å². The van der Waals surface area contributed by atoms with Gasteiger partial charge in [0.15, 0.2) is 0 Å². The van der Waals surface area contributed by atoms with Crippen LogP contribution in [-0.2, 0) is 0 Å². The van der Waals surface area contributed by atoms with E-state index in [4.69, 9.17) is 0 Å². The lowest BCUT2D eigenvalue weighted by atomic mass is 9.76. The van der Waals surface area contributed by atoms with Crippen LogP contribution in [0.25, 0.3) is 0 Å². The van der Waals surface area contributed by atoms with E-state index in [1.165, 1.54) is 57.9 Å². The zero-order valence-electron chi connectivity index (χ0n) is 11.6. The van der Waals surface area contributed by atoms with E-state index in [2.05, 4.69) is 26.1 Å². The van der Waals surface area contributed by atoms with Crippen LogP contribution in [0.5, 0.6) is 0 Å². The third-order valence-electron chi connectivity index (χ3n) is 4.25. The second kappa shape index (κ2) is 8.11. The van der Waals surface area contributed by atoms with Crippen LogP contribution >= 0.6 is 0 Å². The molecule has 0 heterocycles. The minimum atomic E-state index is 0.794. The molecule has 1 atom stereocenters. The molecule has 0 saturated heterocycles. The summed E-state index contributed by atoms with van der Waals surface area (Å²) in [6.45, 7) is 8.13. The molecule has 0 bridgehead atoms. The predicted molar refractivity (Wildman–Crippen MR) is 72.7 cm³/mol. The Morgan fingerprint density at radius 3 is 2.19 bits per heavy atom. The van der Waals surface area contributed by atoms with E-state index in [0.29, 0.717) is 0 Å². The second-order valence-electron chi connectivity index (χ2n) is 5.54. The lowest BCUT2D eigenvalue weighted by Crippen LogP contribution is -2.38. The summed E-state index contributed by atoms with van der Waals surface area (Å²) < 4.78 is 0. The largest absolute Gasteiger partial charge is 0.314 e. The fraction of sp³-hybridized carbons (Fsp3) is 1.00. The molecular weight excluding hydrogens is 194 g/mol. The highest BCUT2D eigenvalue weighted by Crippen LogP contribution is 2.33. The van der Waals surface area contributed by atoms with Crippen molar-refractivity contribution in [1.82, 2.24) is 5.32 Å². The molecule has 96 valence electrons. The van der Waals surface area contributed by atoms with Crippen LogP contribution < -0.4 is 5.32 Å². The zero-order valence-corrected chi connectivity index (χ0v) is 11.6. The molecule has 1 nitrogen and oxygen atoms in total. The number of nitrogens with one attached hydrogen (secondary N) is 1. The van der Waals surface area contributed by atoms with Crippen molar-refractivity contribution in [3.8, 4) is 0 Å². The molecule has 0 spiro atoms. The van der Waals surface area contributed by atoms with Gasteiger partial charge < -0.3 is 5.32 Å². The lowest BCUT2D eigenvalue weighted by molar-refractivity contribution is 0.210. The Labute approximate surface area is 102 Å². The molecule has 1 N–H and O–H groups in total. The maximum atomic E-state index is 3.74. The molecule has 0 radical (unpaired) electrons. The van der Waals surface area contributed by atoms with Crippen molar-refractivity contribution in [3.63, 3.8) is 0 Å². The maximum absolute atomic E-state index is 3.74. The van der Waals surface area contributed by atoms with Crippen LogP contribution in [0.1, 0.15) is 72.1 Å². The van der Waals surface area contributed by atoms with Gasteiger partial charge in [0.2, 0.25) is 0 Å². The number of rotatable bonds is 7. The summed E-state index contributed by atoms with van der Waals surface area (Å²) in [5.41, 5.74) is 0. The van der Waals surface area contributed by atoms with E-state index in [-0.39, 0.29) is 0 Å². The van der Waals surface area contributed by atoms with Gasteiger partial charge in [-0.05, 0) is 44.1 Å². The molecule has 1 rings (SSSR count). The molecular formula is C15H31N. The zero-order chi connectivity index (χ0) is 11.8. The highest BCUT2D eigenvalue weighted by atomic mass is 14.9. The first kappa shape index (κ1) is 14.0. The van der Waals surface area contributed by atoms with Crippen molar-refractivity contribution in [1.29, 1.82) is 0 Å². The summed E-state index contributed by atoms with van der Waals surface area (Å²) in [6.07, 6.45) is 11.3. The first-order chi connectivity index (χ1) is 7.81. The molecule has 0 amide bonds. The van der Waals surface area contributed by atoms with E-state index in [0.717, 1.165) is 17.9 Å². The van der Waals surface area contributed by atoms with E-state index in [1.807, 2.05) is 0 Å². The second-order valence-corrected chi connectivity index (χ2v) is 5.54. The van der Waals surface area contributed by atoms with E-state index >= 15 is 0 Å². The third kappa shape index (κ3) is 4.45. The molecule has 1 aliphatic carbocycles. The van der Waals surface area contributed by atoms with Crippen molar-refractivity contribution in [3.05, 3.63) is 0 Å². The molecule has 0 aromatic rings. The maximum Gasteiger partial charge on any atom is 0.00926 e. The van der Waals surface area contributed by atoms with Crippen LogP contribution in [0, 0.1) is 11.8 Å². The molecule has 16 heavy (non-hydrogen) atoms. The molecule has 0 aromatic carbocycles. The fourth-order valence-corrected chi connectivity index (χ4v) is 3.26. The molecule has 1 fully saturated rings. The quantitative estimate of drug-likeness (QED) is 0.678. The average molecular weight is 225 g/mol. The summed E-state index contributed by atoms with van der Waals surface area (Å²) in [5, 5.41) is 3.74. The van der Waals surface area contributed by atoms with Crippen LogP contribution in [0.3, 0.4) is 0 Å². The summed E-state index contributed by atoms with van der Waals surface area (Å²) >= 11 is 0. The van der Waals surface area contributed by atoms with Crippen molar-refractivity contribution < 1.29 is 0 Å². The summed E-state index contributed by atoms with van der Waals surface area (Å²) in [6, 6.07) is 0.794. The van der Waals surface area contributed by atoms with Gasteiger partial charge in [0, 0.05) is 6.04 Å². The SMILES string of the molecule is CCCNC(CC)C1CCC(CCC)CC1. The highest BCUT2D eigenvalue weighted by molar-refractivity contribution is 4.81. The minimum absolute atomic E-state index is 0.794. The van der Waals surface area contributed by atoms with Crippen molar-refractivity contribution in [2.24, 2.45) is 11.8 Å². The summed E-state index contributed by atoms with van der Waals surface area (Å²) in [7, 11) is 0. The topological polar surface area (TPSA) is 12.0 Å². The van der Waals surface area contributed by atoms with Crippen LogP contribution in [0.2, 0.25) is 0 Å². The van der Waals surface area contributed by atoms with E-state index < -0.39 is 0 Å². The Morgan fingerprint density at radius 1 is 1.00 bits per heavy atom. The summed E-state index contributed by atoms with van der Waals surface area (Å²) in [5.74, 6) is 2.01. The van der Waals surface area contributed by atoms with Gasteiger partial charge in [0.05, 0.1) is 0 Å². The standard InChI is InChI=1S/C15H31N/c1-4-7-13-8-10-14(11-9-13)15(6-3)16-12-5-2/h13-16H,4-12H2,1-3H3. The van der Waals surface area contributed by atoms with Crippen molar-refractivity contribution in [2.75, 3.05) is 6.54 Å². The third-order valence-corrected chi connectivity index (χ3v) is 4.25. The fourth-order valence-electron chi connectivity index (χ4n) is 3.26. The number of hydrogen-bond acceptors (Lipinski definition) is 1.